The summed E-state index contributed by atoms with van der Waals surface area (Å²) in [6.45, 7) is 4.02. The van der Waals surface area contributed by atoms with Gasteiger partial charge in [-0.15, -0.1) is 0 Å². The molecule has 4 heteroatoms. The van der Waals surface area contributed by atoms with Crippen molar-refractivity contribution in [3.05, 3.63) is 23.4 Å². The molecule has 0 aliphatic heterocycles. The number of rotatable bonds is 2. The van der Waals surface area contributed by atoms with Crippen molar-refractivity contribution in [2.45, 2.75) is 19.8 Å². The Morgan fingerprint density at radius 3 is 2.64 bits per heavy atom. The molecule has 0 saturated heterocycles. The summed E-state index contributed by atoms with van der Waals surface area (Å²) in [5.74, 6) is 0.512. The van der Waals surface area contributed by atoms with Gasteiger partial charge in [-0.2, -0.15) is 0 Å². The van der Waals surface area contributed by atoms with Crippen LogP contribution in [-0.2, 0) is 0 Å². The first-order chi connectivity index (χ1) is 6.54. The molecule has 1 aromatic rings. The Morgan fingerprint density at radius 2 is 2.14 bits per heavy atom. The van der Waals surface area contributed by atoms with Crippen LogP contribution in [0.3, 0.4) is 0 Å². The first-order valence-corrected chi connectivity index (χ1v) is 4.54. The standard InChI is InChI=1S/C10H15N3O/c1-6(2)8-4-7(10(14)12-3)5-9(11)13-8/h4-6H,1-3H3,(H2,11,13)(H,12,14). The number of anilines is 1. The lowest BCUT2D eigenvalue weighted by atomic mass is 10.1. The van der Waals surface area contributed by atoms with E-state index in [-0.39, 0.29) is 11.8 Å². The molecular weight excluding hydrogens is 178 g/mol. The molecule has 14 heavy (non-hydrogen) atoms. The lowest BCUT2D eigenvalue weighted by molar-refractivity contribution is 0.0963. The Morgan fingerprint density at radius 1 is 1.50 bits per heavy atom. The topological polar surface area (TPSA) is 68.0 Å². The normalized spacial score (nSPS) is 10.3. The summed E-state index contributed by atoms with van der Waals surface area (Å²) in [6.07, 6.45) is 0. The quantitative estimate of drug-likeness (QED) is 0.740. The molecule has 0 aromatic carbocycles. The molecule has 1 heterocycles. The molecule has 0 fully saturated rings. The van der Waals surface area contributed by atoms with E-state index in [2.05, 4.69) is 10.3 Å². The summed E-state index contributed by atoms with van der Waals surface area (Å²) >= 11 is 0. The van der Waals surface area contributed by atoms with E-state index in [1.54, 1.807) is 19.2 Å². The Balaban J connectivity index is 3.13. The second-order valence-corrected chi connectivity index (χ2v) is 3.44. The maximum atomic E-state index is 11.3. The number of nitrogens with one attached hydrogen (secondary N) is 1. The molecule has 0 radical (unpaired) electrons. The molecule has 0 unspecified atom stereocenters. The smallest absolute Gasteiger partial charge is 0.251 e. The molecule has 0 aliphatic carbocycles. The molecule has 0 spiro atoms. The summed E-state index contributed by atoms with van der Waals surface area (Å²) in [5.41, 5.74) is 6.99. The monoisotopic (exact) mass is 193 g/mol. The van der Waals surface area contributed by atoms with E-state index in [9.17, 15) is 4.79 Å². The van der Waals surface area contributed by atoms with Gasteiger partial charge in [0.15, 0.2) is 0 Å². The molecule has 1 rings (SSSR count). The minimum Gasteiger partial charge on any atom is -0.384 e. The van der Waals surface area contributed by atoms with Crippen LogP contribution in [0, 0.1) is 0 Å². The van der Waals surface area contributed by atoms with Gasteiger partial charge in [-0.3, -0.25) is 4.79 Å². The van der Waals surface area contributed by atoms with Gasteiger partial charge in [0, 0.05) is 18.3 Å². The van der Waals surface area contributed by atoms with Crippen molar-refractivity contribution in [3.8, 4) is 0 Å². The highest BCUT2D eigenvalue weighted by atomic mass is 16.1. The van der Waals surface area contributed by atoms with Crippen molar-refractivity contribution in [1.82, 2.24) is 10.3 Å². The molecule has 0 atom stereocenters. The van der Waals surface area contributed by atoms with Gasteiger partial charge in [0.25, 0.3) is 5.91 Å². The van der Waals surface area contributed by atoms with Gasteiger partial charge in [-0.1, -0.05) is 13.8 Å². The highest BCUT2D eigenvalue weighted by molar-refractivity contribution is 5.94. The Labute approximate surface area is 83.5 Å². The number of carbonyl (C=O) groups excluding carboxylic acids is 1. The summed E-state index contributed by atoms with van der Waals surface area (Å²) < 4.78 is 0. The Hall–Kier alpha value is -1.58. The zero-order chi connectivity index (χ0) is 10.7. The second kappa shape index (κ2) is 4.09. The van der Waals surface area contributed by atoms with Crippen LogP contribution in [0.5, 0.6) is 0 Å². The number of nitrogens with two attached hydrogens (primary N) is 1. The van der Waals surface area contributed by atoms with E-state index in [4.69, 9.17) is 5.73 Å². The van der Waals surface area contributed by atoms with Crippen LogP contribution >= 0.6 is 0 Å². The van der Waals surface area contributed by atoms with Gasteiger partial charge in [0.2, 0.25) is 0 Å². The van der Waals surface area contributed by atoms with Gasteiger partial charge in [0.1, 0.15) is 5.82 Å². The van der Waals surface area contributed by atoms with Gasteiger partial charge >= 0.3 is 0 Å². The van der Waals surface area contributed by atoms with Crippen LogP contribution in [0.15, 0.2) is 12.1 Å². The molecule has 0 saturated carbocycles. The van der Waals surface area contributed by atoms with Crippen molar-refractivity contribution in [2.24, 2.45) is 0 Å². The zero-order valence-electron chi connectivity index (χ0n) is 8.66. The first-order valence-electron chi connectivity index (χ1n) is 4.54. The van der Waals surface area contributed by atoms with Crippen molar-refractivity contribution in [3.63, 3.8) is 0 Å². The van der Waals surface area contributed by atoms with E-state index in [0.29, 0.717) is 11.4 Å². The maximum Gasteiger partial charge on any atom is 0.251 e. The lowest BCUT2D eigenvalue weighted by Crippen LogP contribution is -2.18. The third-order valence-electron chi connectivity index (χ3n) is 1.95. The van der Waals surface area contributed by atoms with Crippen LogP contribution in [0.2, 0.25) is 0 Å². The summed E-state index contributed by atoms with van der Waals surface area (Å²) in [7, 11) is 1.59. The average Bonchev–Trinajstić information content (AvgIpc) is 2.15. The Bertz CT molecular complexity index is 347. The van der Waals surface area contributed by atoms with Crippen molar-refractivity contribution in [1.29, 1.82) is 0 Å². The van der Waals surface area contributed by atoms with Crippen LogP contribution in [0.1, 0.15) is 35.8 Å². The van der Waals surface area contributed by atoms with Crippen LogP contribution in [0.25, 0.3) is 0 Å². The number of nitrogen functional groups attached to an aromatic ring is 1. The molecule has 3 N–H and O–H groups in total. The third kappa shape index (κ3) is 2.22. The van der Waals surface area contributed by atoms with E-state index in [1.807, 2.05) is 13.8 Å². The summed E-state index contributed by atoms with van der Waals surface area (Å²) in [6, 6.07) is 3.34. The van der Waals surface area contributed by atoms with Gasteiger partial charge in [-0.05, 0) is 18.1 Å². The minimum absolute atomic E-state index is 0.138. The van der Waals surface area contributed by atoms with Crippen LogP contribution < -0.4 is 11.1 Å². The van der Waals surface area contributed by atoms with Crippen LogP contribution in [-0.4, -0.2) is 17.9 Å². The highest BCUT2D eigenvalue weighted by Crippen LogP contribution is 2.15. The molecule has 0 aliphatic rings. The largest absolute Gasteiger partial charge is 0.384 e. The van der Waals surface area contributed by atoms with E-state index >= 15 is 0 Å². The third-order valence-corrected chi connectivity index (χ3v) is 1.95. The number of pyridine rings is 1. The number of amides is 1. The van der Waals surface area contributed by atoms with Crippen molar-refractivity contribution >= 4 is 11.7 Å². The van der Waals surface area contributed by atoms with Crippen molar-refractivity contribution < 1.29 is 4.79 Å². The average molecular weight is 193 g/mol. The van der Waals surface area contributed by atoms with E-state index < -0.39 is 0 Å². The number of aromatic nitrogens is 1. The summed E-state index contributed by atoms with van der Waals surface area (Å²) in [5, 5.41) is 2.55. The fourth-order valence-electron chi connectivity index (χ4n) is 1.15. The predicted molar refractivity (Wildman–Crippen MR) is 56.1 cm³/mol. The van der Waals surface area contributed by atoms with Gasteiger partial charge < -0.3 is 11.1 Å². The molecule has 1 amide bonds. The SMILES string of the molecule is CNC(=O)c1cc(N)nc(C(C)C)c1. The summed E-state index contributed by atoms with van der Waals surface area (Å²) in [4.78, 5) is 15.5. The number of hydrogen-bond acceptors (Lipinski definition) is 3. The second-order valence-electron chi connectivity index (χ2n) is 3.44. The van der Waals surface area contributed by atoms with Gasteiger partial charge in [0.05, 0.1) is 0 Å². The van der Waals surface area contributed by atoms with Gasteiger partial charge in [-0.25, -0.2) is 4.98 Å². The molecule has 1 aromatic heterocycles. The van der Waals surface area contributed by atoms with E-state index in [0.717, 1.165) is 5.69 Å². The molecule has 0 bridgehead atoms. The minimum atomic E-state index is -0.138. The zero-order valence-corrected chi connectivity index (χ0v) is 8.66. The fraction of sp³-hybridized carbons (Fsp3) is 0.400. The number of hydrogen-bond donors (Lipinski definition) is 2. The fourth-order valence-corrected chi connectivity index (χ4v) is 1.15. The first kappa shape index (κ1) is 10.5. The van der Waals surface area contributed by atoms with E-state index in [1.165, 1.54) is 0 Å². The number of carbonyl (C=O) groups is 1. The van der Waals surface area contributed by atoms with Crippen molar-refractivity contribution in [2.75, 3.05) is 12.8 Å². The molecule has 4 nitrogen and oxygen atoms in total. The number of nitrogens with zero attached hydrogens (tertiary/aromatic N) is 1. The van der Waals surface area contributed by atoms with Crippen LogP contribution in [0.4, 0.5) is 5.82 Å². The molecular formula is C10H15N3O. The molecule has 76 valence electrons. The highest BCUT2D eigenvalue weighted by Gasteiger charge is 2.08. The Kier molecular flexibility index (Phi) is 3.06. The predicted octanol–water partition coefficient (Wildman–Crippen LogP) is 1.15. The lowest BCUT2D eigenvalue weighted by Gasteiger charge is -2.07. The maximum absolute atomic E-state index is 11.3.